The van der Waals surface area contributed by atoms with Crippen LogP contribution in [0.25, 0.3) is 0 Å². The van der Waals surface area contributed by atoms with Crippen LogP contribution in [-0.2, 0) is 13.1 Å². The topological polar surface area (TPSA) is 12.0 Å². The molecule has 2 aromatic heterocycles. The second-order valence-corrected chi connectivity index (χ2v) is 5.04. The van der Waals surface area contributed by atoms with E-state index in [-0.39, 0.29) is 5.13 Å². The van der Waals surface area contributed by atoms with Crippen molar-refractivity contribution in [2.45, 2.75) is 13.1 Å². The van der Waals surface area contributed by atoms with Crippen LogP contribution < -0.4 is 5.32 Å². The normalized spacial score (nSPS) is 10.6. The fourth-order valence-corrected chi connectivity index (χ4v) is 2.54. The van der Waals surface area contributed by atoms with E-state index in [0.29, 0.717) is 0 Å². The van der Waals surface area contributed by atoms with Gasteiger partial charge < -0.3 is 5.32 Å². The first kappa shape index (κ1) is 9.83. The molecule has 14 heavy (non-hydrogen) atoms. The summed E-state index contributed by atoms with van der Waals surface area (Å²) < 4.78 is 12.6. The lowest BCUT2D eigenvalue weighted by molar-refractivity contribution is 0.657. The number of halogens is 1. The van der Waals surface area contributed by atoms with E-state index >= 15 is 0 Å². The first-order chi connectivity index (χ1) is 6.84. The van der Waals surface area contributed by atoms with Crippen LogP contribution >= 0.6 is 22.7 Å². The zero-order chi connectivity index (χ0) is 9.80. The molecule has 2 aromatic rings. The molecule has 2 rings (SSSR count). The molecule has 1 nitrogen and oxygen atoms in total. The van der Waals surface area contributed by atoms with Gasteiger partial charge in [0, 0.05) is 22.8 Å². The molecule has 0 spiro atoms. The Morgan fingerprint density at radius 3 is 2.64 bits per heavy atom. The van der Waals surface area contributed by atoms with Gasteiger partial charge in [-0.15, -0.1) is 22.7 Å². The molecule has 0 saturated carbocycles. The van der Waals surface area contributed by atoms with Crippen molar-refractivity contribution in [3.63, 3.8) is 0 Å². The van der Waals surface area contributed by atoms with Gasteiger partial charge in [-0.1, -0.05) is 6.07 Å². The molecule has 0 saturated heterocycles. The fourth-order valence-electron chi connectivity index (χ4n) is 1.17. The molecular weight excluding hydrogens is 217 g/mol. The molecule has 0 atom stereocenters. The maximum atomic E-state index is 12.6. The Morgan fingerprint density at radius 2 is 2.00 bits per heavy atom. The molecule has 0 aliphatic rings. The average molecular weight is 227 g/mol. The minimum atomic E-state index is -0.113. The highest BCUT2D eigenvalue weighted by Gasteiger charge is 1.98. The predicted octanol–water partition coefficient (Wildman–Crippen LogP) is 3.24. The van der Waals surface area contributed by atoms with Gasteiger partial charge in [0.1, 0.15) is 0 Å². The average Bonchev–Trinajstić information content (AvgIpc) is 2.77. The number of thiophene rings is 2. The second-order valence-electron chi connectivity index (χ2n) is 2.89. The van der Waals surface area contributed by atoms with E-state index in [0.717, 1.165) is 18.0 Å². The van der Waals surface area contributed by atoms with Gasteiger partial charge in [0.25, 0.3) is 0 Å². The molecule has 0 aliphatic carbocycles. The summed E-state index contributed by atoms with van der Waals surface area (Å²) >= 11 is 2.93. The molecule has 0 bridgehead atoms. The molecule has 0 amide bonds. The summed E-state index contributed by atoms with van der Waals surface area (Å²) in [6.45, 7) is 1.60. The maximum absolute atomic E-state index is 12.6. The minimum absolute atomic E-state index is 0.113. The number of hydrogen-bond donors (Lipinski definition) is 1. The number of nitrogens with one attached hydrogen (secondary N) is 1. The van der Waals surface area contributed by atoms with Gasteiger partial charge in [-0.25, -0.2) is 0 Å². The highest BCUT2D eigenvalue weighted by atomic mass is 32.1. The molecule has 1 N–H and O–H groups in total. The third kappa shape index (κ3) is 2.64. The fraction of sp³-hybridized carbons (Fsp3) is 0.200. The summed E-state index contributed by atoms with van der Waals surface area (Å²) in [6, 6.07) is 7.45. The van der Waals surface area contributed by atoms with Crippen LogP contribution in [0.15, 0.2) is 29.6 Å². The van der Waals surface area contributed by atoms with E-state index in [1.54, 1.807) is 11.3 Å². The van der Waals surface area contributed by atoms with Gasteiger partial charge >= 0.3 is 0 Å². The first-order valence-corrected chi connectivity index (χ1v) is 6.01. The van der Waals surface area contributed by atoms with Crippen molar-refractivity contribution in [1.29, 1.82) is 0 Å². The Balaban J connectivity index is 1.78. The zero-order valence-electron chi connectivity index (χ0n) is 7.50. The van der Waals surface area contributed by atoms with E-state index in [9.17, 15) is 4.39 Å². The summed E-state index contributed by atoms with van der Waals surface area (Å²) in [7, 11) is 0. The summed E-state index contributed by atoms with van der Waals surface area (Å²) in [4.78, 5) is 2.35. The zero-order valence-corrected chi connectivity index (χ0v) is 9.13. The molecule has 0 aliphatic heterocycles. The summed E-state index contributed by atoms with van der Waals surface area (Å²) in [5.74, 6) is 0. The highest BCUT2D eigenvalue weighted by Crippen LogP contribution is 2.14. The molecule has 0 aromatic carbocycles. The molecule has 0 fully saturated rings. The number of rotatable bonds is 4. The van der Waals surface area contributed by atoms with Crippen molar-refractivity contribution in [2.24, 2.45) is 0 Å². The van der Waals surface area contributed by atoms with Crippen molar-refractivity contribution < 1.29 is 4.39 Å². The van der Waals surface area contributed by atoms with Crippen molar-refractivity contribution in [3.8, 4) is 0 Å². The number of hydrogen-bond acceptors (Lipinski definition) is 3. The van der Waals surface area contributed by atoms with Crippen LogP contribution in [-0.4, -0.2) is 0 Å². The lowest BCUT2D eigenvalue weighted by atomic mass is 10.4. The van der Waals surface area contributed by atoms with Gasteiger partial charge in [-0.3, -0.25) is 0 Å². The summed E-state index contributed by atoms with van der Waals surface area (Å²) in [6.07, 6.45) is 0. The molecule has 0 unspecified atom stereocenters. The largest absolute Gasteiger partial charge is 0.307 e. The van der Waals surface area contributed by atoms with Gasteiger partial charge in [-0.2, -0.15) is 4.39 Å². The van der Waals surface area contributed by atoms with Crippen LogP contribution in [0.1, 0.15) is 9.75 Å². The van der Waals surface area contributed by atoms with Crippen molar-refractivity contribution in [2.75, 3.05) is 0 Å². The lowest BCUT2D eigenvalue weighted by Crippen LogP contribution is -2.10. The van der Waals surface area contributed by atoms with Crippen molar-refractivity contribution in [3.05, 3.63) is 44.5 Å². The molecule has 4 heteroatoms. The van der Waals surface area contributed by atoms with Crippen LogP contribution in [0.2, 0.25) is 0 Å². The Bertz CT molecular complexity index is 380. The highest BCUT2D eigenvalue weighted by molar-refractivity contribution is 7.10. The SMILES string of the molecule is Fc1ccc(CNCc2cccs2)s1. The molecular formula is C10H10FNS2. The van der Waals surface area contributed by atoms with Crippen molar-refractivity contribution >= 4 is 22.7 Å². The van der Waals surface area contributed by atoms with E-state index in [1.807, 2.05) is 12.1 Å². The van der Waals surface area contributed by atoms with Crippen LogP contribution in [0.4, 0.5) is 4.39 Å². The Labute approximate surface area is 90.2 Å². The third-order valence-corrected chi connectivity index (χ3v) is 3.56. The monoisotopic (exact) mass is 227 g/mol. The Kier molecular flexibility index (Phi) is 3.29. The van der Waals surface area contributed by atoms with Gasteiger partial charge in [0.15, 0.2) is 5.13 Å². The second kappa shape index (κ2) is 4.68. The van der Waals surface area contributed by atoms with Gasteiger partial charge in [0.2, 0.25) is 0 Å². The maximum Gasteiger partial charge on any atom is 0.176 e. The summed E-state index contributed by atoms with van der Waals surface area (Å²) in [5.41, 5.74) is 0. The van der Waals surface area contributed by atoms with E-state index in [2.05, 4.69) is 16.8 Å². The Hall–Kier alpha value is -0.710. The quantitative estimate of drug-likeness (QED) is 0.845. The molecule has 2 heterocycles. The first-order valence-electron chi connectivity index (χ1n) is 4.32. The minimum Gasteiger partial charge on any atom is -0.307 e. The predicted molar refractivity (Wildman–Crippen MR) is 59.1 cm³/mol. The van der Waals surface area contributed by atoms with Crippen LogP contribution in [0.3, 0.4) is 0 Å². The molecule has 74 valence electrons. The van der Waals surface area contributed by atoms with Crippen molar-refractivity contribution in [1.82, 2.24) is 5.32 Å². The van der Waals surface area contributed by atoms with Gasteiger partial charge in [0.05, 0.1) is 0 Å². The summed E-state index contributed by atoms with van der Waals surface area (Å²) in [5, 5.41) is 5.22. The van der Waals surface area contributed by atoms with Gasteiger partial charge in [-0.05, 0) is 23.6 Å². The standard InChI is InChI=1S/C10H10FNS2/c11-10-4-3-9(14-10)7-12-6-8-2-1-5-13-8/h1-5,12H,6-7H2. The smallest absolute Gasteiger partial charge is 0.176 e. The lowest BCUT2D eigenvalue weighted by Gasteiger charge is -1.99. The third-order valence-electron chi connectivity index (χ3n) is 1.81. The van der Waals surface area contributed by atoms with E-state index in [4.69, 9.17) is 0 Å². The van der Waals surface area contributed by atoms with E-state index in [1.165, 1.54) is 22.3 Å². The Morgan fingerprint density at radius 1 is 1.14 bits per heavy atom. The van der Waals surface area contributed by atoms with Crippen LogP contribution in [0.5, 0.6) is 0 Å². The molecule has 0 radical (unpaired) electrons. The van der Waals surface area contributed by atoms with E-state index < -0.39 is 0 Å². The van der Waals surface area contributed by atoms with Crippen LogP contribution in [0, 0.1) is 5.13 Å².